The van der Waals surface area contributed by atoms with Crippen LogP contribution < -0.4 is 10.1 Å². The van der Waals surface area contributed by atoms with Crippen molar-refractivity contribution in [3.05, 3.63) is 22.2 Å². The zero-order chi connectivity index (χ0) is 11.1. The minimum Gasteiger partial charge on any atom is -0.485 e. The third-order valence-corrected chi connectivity index (χ3v) is 3.37. The summed E-state index contributed by atoms with van der Waals surface area (Å²) in [5, 5.41) is 3.42. The number of aryl methyl sites for hydroxylation is 1. The van der Waals surface area contributed by atoms with Crippen molar-refractivity contribution in [1.82, 2.24) is 0 Å². The normalized spacial score (nSPS) is 18.4. The molecule has 0 saturated heterocycles. The van der Waals surface area contributed by atoms with Crippen LogP contribution in [-0.4, -0.2) is 12.1 Å². The van der Waals surface area contributed by atoms with Crippen LogP contribution >= 0.6 is 15.9 Å². The molecule has 0 saturated carbocycles. The summed E-state index contributed by atoms with van der Waals surface area (Å²) >= 11 is 3.55. The zero-order valence-corrected chi connectivity index (χ0v) is 10.9. The summed E-state index contributed by atoms with van der Waals surface area (Å²) in [4.78, 5) is 0. The second-order valence-corrected chi connectivity index (χ2v) is 5.46. The summed E-state index contributed by atoms with van der Waals surface area (Å²) in [5.41, 5.74) is 2.17. The van der Waals surface area contributed by atoms with Gasteiger partial charge in [-0.15, -0.1) is 0 Å². The summed E-state index contributed by atoms with van der Waals surface area (Å²) in [7, 11) is 0. The maximum absolute atomic E-state index is 6.06. The molecule has 0 bridgehead atoms. The molecular weight excluding hydrogens is 254 g/mol. The van der Waals surface area contributed by atoms with Gasteiger partial charge in [0, 0.05) is 17.4 Å². The second kappa shape index (κ2) is 3.71. The summed E-state index contributed by atoms with van der Waals surface area (Å²) in [6.07, 6.45) is 1.01. The van der Waals surface area contributed by atoms with Gasteiger partial charge in [0.15, 0.2) is 0 Å². The Balaban J connectivity index is 2.51. The van der Waals surface area contributed by atoms with Crippen molar-refractivity contribution in [2.75, 3.05) is 11.9 Å². The molecule has 0 fully saturated rings. The van der Waals surface area contributed by atoms with E-state index < -0.39 is 0 Å². The number of rotatable bonds is 0. The van der Waals surface area contributed by atoms with E-state index in [1.807, 2.05) is 0 Å². The summed E-state index contributed by atoms with van der Waals surface area (Å²) in [6.45, 7) is 7.28. The van der Waals surface area contributed by atoms with Crippen LogP contribution in [0.5, 0.6) is 5.75 Å². The van der Waals surface area contributed by atoms with E-state index in [1.54, 1.807) is 0 Å². The molecule has 0 amide bonds. The van der Waals surface area contributed by atoms with Crippen LogP contribution in [0.2, 0.25) is 0 Å². The highest BCUT2D eigenvalue weighted by atomic mass is 79.9. The van der Waals surface area contributed by atoms with Gasteiger partial charge in [-0.3, -0.25) is 0 Å². The van der Waals surface area contributed by atoms with Crippen LogP contribution in [0.1, 0.15) is 25.8 Å². The van der Waals surface area contributed by atoms with E-state index in [0.29, 0.717) is 0 Å². The van der Waals surface area contributed by atoms with Gasteiger partial charge in [0.25, 0.3) is 0 Å². The van der Waals surface area contributed by atoms with Crippen molar-refractivity contribution in [2.24, 2.45) is 0 Å². The van der Waals surface area contributed by atoms with Crippen LogP contribution in [0, 0.1) is 6.92 Å². The fourth-order valence-electron chi connectivity index (χ4n) is 1.77. The van der Waals surface area contributed by atoms with Crippen molar-refractivity contribution < 1.29 is 4.74 Å². The molecule has 1 N–H and O–H groups in total. The van der Waals surface area contributed by atoms with Crippen molar-refractivity contribution in [3.63, 3.8) is 0 Å². The minimum atomic E-state index is -0.0934. The summed E-state index contributed by atoms with van der Waals surface area (Å²) in [5.74, 6) is 0.979. The number of nitrogens with one attached hydrogen (secondary N) is 1. The second-order valence-electron chi connectivity index (χ2n) is 4.61. The smallest absolute Gasteiger partial charge is 0.147 e. The monoisotopic (exact) mass is 269 g/mol. The van der Waals surface area contributed by atoms with E-state index in [4.69, 9.17) is 4.74 Å². The Bertz CT molecular complexity index is 387. The topological polar surface area (TPSA) is 21.3 Å². The number of benzene rings is 1. The molecule has 2 rings (SSSR count). The SMILES string of the molecule is Cc1ccc(Br)c2c1OC(C)(C)CCN2. The van der Waals surface area contributed by atoms with E-state index in [1.165, 1.54) is 5.56 Å². The van der Waals surface area contributed by atoms with Gasteiger partial charge < -0.3 is 10.1 Å². The molecule has 15 heavy (non-hydrogen) atoms. The molecule has 1 aliphatic rings. The molecule has 82 valence electrons. The lowest BCUT2D eigenvalue weighted by Gasteiger charge is -2.25. The predicted octanol–water partition coefficient (Wildman–Crippen LogP) is 3.73. The van der Waals surface area contributed by atoms with Crippen molar-refractivity contribution in [3.8, 4) is 5.75 Å². The molecule has 0 aromatic heterocycles. The van der Waals surface area contributed by atoms with E-state index in [2.05, 4.69) is 54.2 Å². The lowest BCUT2D eigenvalue weighted by molar-refractivity contribution is 0.107. The molecule has 1 aromatic carbocycles. The van der Waals surface area contributed by atoms with Crippen molar-refractivity contribution >= 4 is 21.6 Å². The van der Waals surface area contributed by atoms with Crippen molar-refractivity contribution in [1.29, 1.82) is 0 Å². The minimum absolute atomic E-state index is 0.0934. The van der Waals surface area contributed by atoms with Gasteiger partial charge in [0.1, 0.15) is 11.4 Å². The molecule has 0 unspecified atom stereocenters. The molecule has 1 aliphatic heterocycles. The number of fused-ring (bicyclic) bond motifs is 1. The Morgan fingerprint density at radius 2 is 2.13 bits per heavy atom. The quantitative estimate of drug-likeness (QED) is 0.775. The Kier molecular flexibility index (Phi) is 2.67. The third-order valence-electron chi connectivity index (χ3n) is 2.71. The highest BCUT2D eigenvalue weighted by Crippen LogP contribution is 2.40. The molecule has 2 nitrogen and oxygen atoms in total. The van der Waals surface area contributed by atoms with Crippen LogP contribution in [0.15, 0.2) is 16.6 Å². The lowest BCUT2D eigenvalue weighted by Crippen LogP contribution is -2.28. The molecule has 3 heteroatoms. The van der Waals surface area contributed by atoms with Gasteiger partial charge in [0.2, 0.25) is 0 Å². The first-order valence-corrected chi connectivity index (χ1v) is 6.01. The molecule has 0 atom stereocenters. The third kappa shape index (κ3) is 2.12. The standard InChI is InChI=1S/C12H16BrNO/c1-8-4-5-9(13)10-11(8)15-12(2,3)6-7-14-10/h4-5,14H,6-7H2,1-3H3. The van der Waals surface area contributed by atoms with Gasteiger partial charge in [-0.2, -0.15) is 0 Å². The number of halogens is 1. The number of ether oxygens (including phenoxy) is 1. The molecule has 0 aliphatic carbocycles. The molecule has 1 heterocycles. The summed E-state index contributed by atoms with van der Waals surface area (Å²) < 4.78 is 7.13. The van der Waals surface area contributed by atoms with E-state index in [9.17, 15) is 0 Å². The molecular formula is C12H16BrNO. The Morgan fingerprint density at radius 1 is 1.40 bits per heavy atom. The van der Waals surface area contributed by atoms with Crippen LogP contribution in [0.25, 0.3) is 0 Å². The highest BCUT2D eigenvalue weighted by molar-refractivity contribution is 9.10. The fourth-order valence-corrected chi connectivity index (χ4v) is 2.23. The molecule has 0 radical (unpaired) electrons. The maximum Gasteiger partial charge on any atom is 0.147 e. The highest BCUT2D eigenvalue weighted by Gasteiger charge is 2.26. The van der Waals surface area contributed by atoms with Crippen LogP contribution in [-0.2, 0) is 0 Å². The lowest BCUT2D eigenvalue weighted by atomic mass is 10.1. The first kappa shape index (κ1) is 10.8. The largest absolute Gasteiger partial charge is 0.485 e. The van der Waals surface area contributed by atoms with Gasteiger partial charge in [0.05, 0.1) is 5.69 Å². The Morgan fingerprint density at radius 3 is 2.87 bits per heavy atom. The number of anilines is 1. The maximum atomic E-state index is 6.06. The Hall–Kier alpha value is -0.700. The van der Waals surface area contributed by atoms with Gasteiger partial charge in [-0.05, 0) is 48.3 Å². The average molecular weight is 270 g/mol. The Labute approximate surface area is 99.1 Å². The van der Waals surface area contributed by atoms with Crippen molar-refractivity contribution in [2.45, 2.75) is 32.8 Å². The van der Waals surface area contributed by atoms with Gasteiger partial charge >= 0.3 is 0 Å². The fraction of sp³-hybridized carbons (Fsp3) is 0.500. The van der Waals surface area contributed by atoms with Gasteiger partial charge in [-0.25, -0.2) is 0 Å². The zero-order valence-electron chi connectivity index (χ0n) is 9.36. The number of hydrogen-bond donors (Lipinski definition) is 1. The average Bonchev–Trinajstić information content (AvgIpc) is 2.31. The van der Waals surface area contributed by atoms with E-state index in [-0.39, 0.29) is 5.60 Å². The van der Waals surface area contributed by atoms with E-state index in [0.717, 1.165) is 28.9 Å². The molecule has 1 aromatic rings. The number of hydrogen-bond acceptors (Lipinski definition) is 2. The van der Waals surface area contributed by atoms with E-state index >= 15 is 0 Å². The first-order chi connectivity index (χ1) is 6.99. The first-order valence-electron chi connectivity index (χ1n) is 5.22. The summed E-state index contributed by atoms with van der Waals surface area (Å²) in [6, 6.07) is 4.13. The van der Waals surface area contributed by atoms with Gasteiger partial charge in [-0.1, -0.05) is 6.07 Å². The molecule has 0 spiro atoms. The predicted molar refractivity (Wildman–Crippen MR) is 66.7 cm³/mol. The van der Waals surface area contributed by atoms with Crippen LogP contribution in [0.3, 0.4) is 0 Å². The van der Waals surface area contributed by atoms with Crippen LogP contribution in [0.4, 0.5) is 5.69 Å².